The maximum atomic E-state index is 12.0. The summed E-state index contributed by atoms with van der Waals surface area (Å²) >= 11 is 0. The minimum atomic E-state index is -3.48. The standard InChI is InChI=1S/C13H22N2O4S2/c1-5-21(18,19)14-9-10-15(20(4,16)17)13-8-6-7-11(2)12(13)3/h6-8,14H,5,9-10H2,1-4H3. The molecule has 0 radical (unpaired) electrons. The molecule has 0 aliphatic heterocycles. The summed E-state index contributed by atoms with van der Waals surface area (Å²) < 4.78 is 50.4. The van der Waals surface area contributed by atoms with Crippen molar-refractivity contribution < 1.29 is 16.8 Å². The van der Waals surface area contributed by atoms with Crippen molar-refractivity contribution in [3.05, 3.63) is 29.3 Å². The first-order valence-electron chi connectivity index (χ1n) is 6.59. The van der Waals surface area contributed by atoms with Crippen molar-refractivity contribution in [2.24, 2.45) is 0 Å². The zero-order valence-electron chi connectivity index (χ0n) is 12.8. The smallest absolute Gasteiger partial charge is 0.232 e. The van der Waals surface area contributed by atoms with Crippen molar-refractivity contribution in [2.45, 2.75) is 20.8 Å². The molecule has 0 spiro atoms. The van der Waals surface area contributed by atoms with Crippen LogP contribution in [-0.2, 0) is 20.0 Å². The fourth-order valence-corrected chi connectivity index (χ4v) is 3.46. The van der Waals surface area contributed by atoms with E-state index in [0.717, 1.165) is 17.4 Å². The summed E-state index contributed by atoms with van der Waals surface area (Å²) in [7, 11) is -6.82. The number of sulfonamides is 2. The molecule has 1 aromatic rings. The largest absolute Gasteiger partial charge is 0.269 e. The molecule has 0 fully saturated rings. The van der Waals surface area contributed by atoms with Crippen LogP contribution in [0.1, 0.15) is 18.1 Å². The normalized spacial score (nSPS) is 12.4. The molecule has 8 heteroatoms. The van der Waals surface area contributed by atoms with Gasteiger partial charge in [0.15, 0.2) is 0 Å². The van der Waals surface area contributed by atoms with Crippen LogP contribution in [0.2, 0.25) is 0 Å². The Kier molecular flexibility index (Phi) is 5.77. The Bertz CT molecular complexity index is 697. The predicted octanol–water partition coefficient (Wildman–Crippen LogP) is 1.01. The van der Waals surface area contributed by atoms with E-state index in [-0.39, 0.29) is 18.8 Å². The van der Waals surface area contributed by atoms with E-state index < -0.39 is 20.0 Å². The summed E-state index contributed by atoms with van der Waals surface area (Å²) in [4.78, 5) is 0. The lowest BCUT2D eigenvalue weighted by Crippen LogP contribution is -2.39. The SMILES string of the molecule is CCS(=O)(=O)NCCN(c1cccc(C)c1C)S(C)(=O)=O. The van der Waals surface area contributed by atoms with E-state index in [9.17, 15) is 16.8 Å². The molecule has 21 heavy (non-hydrogen) atoms. The van der Waals surface area contributed by atoms with Gasteiger partial charge < -0.3 is 0 Å². The second-order valence-electron chi connectivity index (χ2n) is 4.85. The van der Waals surface area contributed by atoms with Crippen molar-refractivity contribution >= 4 is 25.7 Å². The number of aryl methyl sites for hydroxylation is 1. The second kappa shape index (κ2) is 6.76. The number of rotatable bonds is 7. The van der Waals surface area contributed by atoms with E-state index >= 15 is 0 Å². The van der Waals surface area contributed by atoms with Crippen LogP contribution in [0.15, 0.2) is 18.2 Å². The topological polar surface area (TPSA) is 83.6 Å². The third-order valence-corrected chi connectivity index (χ3v) is 5.85. The fraction of sp³-hybridized carbons (Fsp3) is 0.538. The summed E-state index contributed by atoms with van der Waals surface area (Å²) in [6, 6.07) is 5.41. The Labute approximate surface area is 127 Å². The van der Waals surface area contributed by atoms with Gasteiger partial charge in [-0.1, -0.05) is 12.1 Å². The summed E-state index contributed by atoms with van der Waals surface area (Å²) in [5.41, 5.74) is 2.42. The zero-order chi connectivity index (χ0) is 16.3. The van der Waals surface area contributed by atoms with E-state index in [0.29, 0.717) is 5.69 Å². The molecule has 1 aromatic carbocycles. The second-order valence-corrected chi connectivity index (χ2v) is 8.85. The maximum Gasteiger partial charge on any atom is 0.232 e. The van der Waals surface area contributed by atoms with E-state index in [1.807, 2.05) is 19.9 Å². The van der Waals surface area contributed by atoms with Crippen LogP contribution in [0.4, 0.5) is 5.69 Å². The first kappa shape index (κ1) is 17.9. The molecule has 120 valence electrons. The van der Waals surface area contributed by atoms with Gasteiger partial charge in [0, 0.05) is 13.1 Å². The third-order valence-electron chi connectivity index (χ3n) is 3.26. The number of hydrogen-bond donors (Lipinski definition) is 1. The molecule has 0 bridgehead atoms. The first-order valence-corrected chi connectivity index (χ1v) is 10.1. The molecule has 0 atom stereocenters. The average Bonchev–Trinajstić information content (AvgIpc) is 2.37. The molecule has 0 aromatic heterocycles. The lowest BCUT2D eigenvalue weighted by atomic mass is 10.1. The van der Waals surface area contributed by atoms with Crippen LogP contribution in [-0.4, -0.2) is 41.9 Å². The highest BCUT2D eigenvalue weighted by Crippen LogP contribution is 2.24. The van der Waals surface area contributed by atoms with E-state index in [2.05, 4.69) is 4.72 Å². The summed E-state index contributed by atoms with van der Waals surface area (Å²) in [5, 5.41) is 0. The molecule has 6 nitrogen and oxygen atoms in total. The van der Waals surface area contributed by atoms with Gasteiger partial charge in [0.1, 0.15) is 0 Å². The highest BCUT2D eigenvalue weighted by molar-refractivity contribution is 7.92. The van der Waals surface area contributed by atoms with Crippen molar-refractivity contribution in [3.63, 3.8) is 0 Å². The van der Waals surface area contributed by atoms with E-state index in [1.54, 1.807) is 12.1 Å². The number of hydrogen-bond acceptors (Lipinski definition) is 4. The zero-order valence-corrected chi connectivity index (χ0v) is 14.4. The Hall–Kier alpha value is -1.12. The van der Waals surface area contributed by atoms with Crippen molar-refractivity contribution in [2.75, 3.05) is 29.4 Å². The highest BCUT2D eigenvalue weighted by Gasteiger charge is 2.20. The Balaban J connectivity index is 3.01. The van der Waals surface area contributed by atoms with Gasteiger partial charge in [-0.25, -0.2) is 21.6 Å². The lowest BCUT2D eigenvalue weighted by molar-refractivity contribution is 0.579. The van der Waals surface area contributed by atoms with Gasteiger partial charge in [-0.2, -0.15) is 0 Å². The van der Waals surface area contributed by atoms with Crippen LogP contribution in [0.25, 0.3) is 0 Å². The molecule has 1 rings (SSSR count). The molecular formula is C13H22N2O4S2. The van der Waals surface area contributed by atoms with Gasteiger partial charge in [0.05, 0.1) is 17.7 Å². The summed E-state index contributed by atoms with van der Waals surface area (Å²) in [6.07, 6.45) is 1.11. The molecule has 0 saturated carbocycles. The van der Waals surface area contributed by atoms with Gasteiger partial charge in [-0.05, 0) is 38.0 Å². The molecular weight excluding hydrogens is 312 g/mol. The van der Waals surface area contributed by atoms with Gasteiger partial charge in [-0.3, -0.25) is 4.31 Å². The van der Waals surface area contributed by atoms with Crippen LogP contribution < -0.4 is 9.03 Å². The number of nitrogens with one attached hydrogen (secondary N) is 1. The summed E-state index contributed by atoms with van der Waals surface area (Å²) in [6.45, 7) is 5.37. The molecule has 0 aliphatic rings. The lowest BCUT2D eigenvalue weighted by Gasteiger charge is -2.25. The predicted molar refractivity (Wildman–Crippen MR) is 85.6 cm³/mol. The van der Waals surface area contributed by atoms with E-state index in [1.165, 1.54) is 11.2 Å². The van der Waals surface area contributed by atoms with Crippen molar-refractivity contribution in [1.82, 2.24) is 4.72 Å². The minimum absolute atomic E-state index is 0.0324. The average molecular weight is 334 g/mol. The number of benzene rings is 1. The van der Waals surface area contributed by atoms with Gasteiger partial charge in [0.25, 0.3) is 0 Å². The minimum Gasteiger partial charge on any atom is -0.269 e. The Morgan fingerprint density at radius 3 is 2.29 bits per heavy atom. The molecule has 0 heterocycles. The van der Waals surface area contributed by atoms with Crippen molar-refractivity contribution in [3.8, 4) is 0 Å². The molecule has 0 amide bonds. The van der Waals surface area contributed by atoms with Crippen LogP contribution in [0.3, 0.4) is 0 Å². The van der Waals surface area contributed by atoms with Crippen LogP contribution in [0, 0.1) is 13.8 Å². The number of anilines is 1. The molecule has 0 unspecified atom stereocenters. The van der Waals surface area contributed by atoms with Gasteiger partial charge >= 0.3 is 0 Å². The Morgan fingerprint density at radius 1 is 1.14 bits per heavy atom. The highest BCUT2D eigenvalue weighted by atomic mass is 32.2. The van der Waals surface area contributed by atoms with Gasteiger partial charge in [0.2, 0.25) is 20.0 Å². The maximum absolute atomic E-state index is 12.0. The molecule has 0 aliphatic carbocycles. The first-order chi connectivity index (χ1) is 9.58. The number of nitrogens with zero attached hydrogens (tertiary/aromatic N) is 1. The summed E-state index contributed by atoms with van der Waals surface area (Å²) in [5.74, 6) is -0.0324. The monoisotopic (exact) mass is 334 g/mol. The fourth-order valence-electron chi connectivity index (χ4n) is 1.88. The van der Waals surface area contributed by atoms with Crippen LogP contribution >= 0.6 is 0 Å². The van der Waals surface area contributed by atoms with Gasteiger partial charge in [-0.15, -0.1) is 0 Å². The quantitative estimate of drug-likeness (QED) is 0.806. The molecule has 0 saturated heterocycles. The molecule has 1 N–H and O–H groups in total. The third kappa shape index (κ3) is 4.98. The van der Waals surface area contributed by atoms with Crippen molar-refractivity contribution in [1.29, 1.82) is 0 Å². The van der Waals surface area contributed by atoms with E-state index in [4.69, 9.17) is 0 Å². The Morgan fingerprint density at radius 2 is 1.76 bits per heavy atom. The van der Waals surface area contributed by atoms with Crippen LogP contribution in [0.5, 0.6) is 0 Å².